The molecule has 9 heteroatoms. The number of sulfonamides is 1. The van der Waals surface area contributed by atoms with Gasteiger partial charge in [0.15, 0.2) is 0 Å². The van der Waals surface area contributed by atoms with Crippen LogP contribution in [0.1, 0.15) is 26.7 Å². The second-order valence-corrected chi connectivity index (χ2v) is 9.14. The molecule has 1 heterocycles. The summed E-state index contributed by atoms with van der Waals surface area (Å²) in [6, 6.07) is 13.7. The Bertz CT molecular complexity index is 1040. The molecule has 8 nitrogen and oxygen atoms in total. The van der Waals surface area contributed by atoms with Crippen LogP contribution in [0.25, 0.3) is 0 Å². The molecule has 2 aromatic carbocycles. The molecule has 1 unspecified atom stereocenters. The van der Waals surface area contributed by atoms with Crippen LogP contribution in [0.2, 0.25) is 0 Å². The van der Waals surface area contributed by atoms with Gasteiger partial charge in [-0.1, -0.05) is 19.1 Å². The van der Waals surface area contributed by atoms with Gasteiger partial charge >= 0.3 is 0 Å². The Morgan fingerprint density at radius 3 is 2.45 bits per heavy atom. The Morgan fingerprint density at radius 1 is 1.10 bits per heavy atom. The maximum Gasteiger partial charge on any atom is 0.232 e. The lowest BCUT2D eigenvalue weighted by atomic mass is 10.1. The van der Waals surface area contributed by atoms with Gasteiger partial charge in [-0.05, 0) is 49.7 Å². The third-order valence-corrected chi connectivity index (χ3v) is 6.34. The number of carbonyl (C=O) groups is 2. The molecule has 0 aliphatic carbocycles. The van der Waals surface area contributed by atoms with Crippen LogP contribution in [0.15, 0.2) is 48.5 Å². The van der Waals surface area contributed by atoms with Crippen LogP contribution in [0, 0.1) is 5.92 Å². The van der Waals surface area contributed by atoms with Crippen LogP contribution in [0.4, 0.5) is 17.1 Å². The van der Waals surface area contributed by atoms with Crippen molar-refractivity contribution in [3.05, 3.63) is 48.5 Å². The third-order valence-electron chi connectivity index (χ3n) is 4.85. The van der Waals surface area contributed by atoms with Crippen LogP contribution >= 0.6 is 0 Å². The highest BCUT2D eigenvalue weighted by atomic mass is 32.2. The minimum Gasteiger partial charge on any atom is -0.492 e. The molecule has 31 heavy (non-hydrogen) atoms. The third kappa shape index (κ3) is 5.75. The van der Waals surface area contributed by atoms with Gasteiger partial charge in [-0.15, -0.1) is 0 Å². The zero-order valence-electron chi connectivity index (χ0n) is 17.6. The fraction of sp³-hybridized carbons (Fsp3) is 0.364. The molecule has 0 aromatic heterocycles. The zero-order valence-corrected chi connectivity index (χ0v) is 18.4. The molecule has 1 aliphatic rings. The average molecular weight is 446 g/mol. The summed E-state index contributed by atoms with van der Waals surface area (Å²) in [6.07, 6.45) is 0.636. The molecule has 2 N–H and O–H groups in total. The second kappa shape index (κ2) is 9.82. The topological polar surface area (TPSA) is 105 Å². The Hall–Kier alpha value is -3.07. The van der Waals surface area contributed by atoms with E-state index in [9.17, 15) is 18.0 Å². The summed E-state index contributed by atoms with van der Waals surface area (Å²) in [7, 11) is -3.37. The highest BCUT2D eigenvalue weighted by Crippen LogP contribution is 2.33. The standard InChI is InChI=1S/C22H27N3O5S/c1-3-13-31(28,29)24-18-11-9-17(10-12-18)23-22(27)16-14-21(26)25(15-16)19-7-5-6-8-20(19)30-4-2/h5-12,16,24H,3-4,13-15H2,1-2H3,(H,23,27). The first kappa shape index (κ1) is 22.6. The van der Waals surface area contributed by atoms with Crippen LogP contribution in [0.5, 0.6) is 5.75 Å². The van der Waals surface area contributed by atoms with E-state index >= 15 is 0 Å². The monoisotopic (exact) mass is 445 g/mol. The quantitative estimate of drug-likeness (QED) is 0.617. The van der Waals surface area contributed by atoms with Crippen LogP contribution in [-0.4, -0.2) is 39.1 Å². The molecule has 1 atom stereocenters. The summed E-state index contributed by atoms with van der Waals surface area (Å²) in [5, 5.41) is 2.81. The first-order valence-electron chi connectivity index (χ1n) is 10.3. The molecule has 0 saturated carbocycles. The molecule has 166 valence electrons. The molecule has 3 rings (SSSR count). The van der Waals surface area contributed by atoms with Crippen molar-refractivity contribution >= 4 is 38.9 Å². The van der Waals surface area contributed by atoms with E-state index in [-0.39, 0.29) is 30.5 Å². The SMILES string of the molecule is CCCS(=O)(=O)Nc1ccc(NC(=O)C2CC(=O)N(c3ccccc3OCC)C2)cc1. The number of hydrogen-bond donors (Lipinski definition) is 2. The maximum absolute atomic E-state index is 12.7. The van der Waals surface area contributed by atoms with Gasteiger partial charge in [-0.3, -0.25) is 14.3 Å². The molecular weight excluding hydrogens is 418 g/mol. The molecule has 1 aliphatic heterocycles. The summed E-state index contributed by atoms with van der Waals surface area (Å²) in [4.78, 5) is 26.9. The number of para-hydroxylation sites is 2. The van der Waals surface area contributed by atoms with Crippen molar-refractivity contribution in [3.63, 3.8) is 0 Å². The molecule has 1 saturated heterocycles. The maximum atomic E-state index is 12.7. The van der Waals surface area contributed by atoms with Crippen molar-refractivity contribution in [2.45, 2.75) is 26.7 Å². The number of ether oxygens (including phenoxy) is 1. The number of carbonyl (C=O) groups excluding carboxylic acids is 2. The van der Waals surface area contributed by atoms with Gasteiger partial charge in [-0.25, -0.2) is 8.42 Å². The highest BCUT2D eigenvalue weighted by molar-refractivity contribution is 7.92. The van der Waals surface area contributed by atoms with E-state index in [2.05, 4.69) is 10.0 Å². The molecule has 0 radical (unpaired) electrons. The predicted octanol–water partition coefficient (Wildman–Crippen LogP) is 3.23. The Kier molecular flexibility index (Phi) is 7.17. The number of anilines is 3. The Labute approximate surface area is 182 Å². The minimum atomic E-state index is -3.37. The van der Waals surface area contributed by atoms with Gasteiger partial charge in [0, 0.05) is 24.3 Å². The Morgan fingerprint density at radius 2 is 1.77 bits per heavy atom. The number of amides is 2. The summed E-state index contributed by atoms with van der Waals surface area (Å²) in [5.74, 6) is -0.230. The van der Waals surface area contributed by atoms with Crippen molar-refractivity contribution in [1.82, 2.24) is 0 Å². The molecule has 2 amide bonds. The van der Waals surface area contributed by atoms with Gasteiger partial charge in [-0.2, -0.15) is 0 Å². The average Bonchev–Trinajstić information content (AvgIpc) is 3.11. The van der Waals surface area contributed by atoms with E-state index < -0.39 is 15.9 Å². The number of nitrogens with zero attached hydrogens (tertiary/aromatic N) is 1. The molecule has 2 aromatic rings. The van der Waals surface area contributed by atoms with E-state index in [0.29, 0.717) is 35.8 Å². The van der Waals surface area contributed by atoms with Crippen LogP contribution in [0.3, 0.4) is 0 Å². The van der Waals surface area contributed by atoms with E-state index in [4.69, 9.17) is 4.74 Å². The molecular formula is C22H27N3O5S. The van der Waals surface area contributed by atoms with Crippen molar-refractivity contribution in [3.8, 4) is 5.75 Å². The smallest absolute Gasteiger partial charge is 0.232 e. The van der Waals surface area contributed by atoms with Gasteiger partial charge in [0.2, 0.25) is 21.8 Å². The molecule has 1 fully saturated rings. The summed E-state index contributed by atoms with van der Waals surface area (Å²) in [6.45, 7) is 4.41. The van der Waals surface area contributed by atoms with Crippen molar-refractivity contribution < 1.29 is 22.7 Å². The first-order chi connectivity index (χ1) is 14.8. The largest absolute Gasteiger partial charge is 0.492 e. The fourth-order valence-corrected chi connectivity index (χ4v) is 4.57. The van der Waals surface area contributed by atoms with E-state index in [1.54, 1.807) is 42.2 Å². The fourth-order valence-electron chi connectivity index (χ4n) is 3.44. The van der Waals surface area contributed by atoms with Crippen molar-refractivity contribution in [2.75, 3.05) is 33.8 Å². The van der Waals surface area contributed by atoms with Crippen molar-refractivity contribution in [1.29, 1.82) is 0 Å². The summed E-state index contributed by atoms with van der Waals surface area (Å²) >= 11 is 0. The van der Waals surface area contributed by atoms with Gasteiger partial charge in [0.1, 0.15) is 5.75 Å². The lowest BCUT2D eigenvalue weighted by Crippen LogP contribution is -2.28. The normalized spacial score (nSPS) is 16.3. The van der Waals surface area contributed by atoms with E-state index in [0.717, 1.165) is 0 Å². The number of hydrogen-bond acceptors (Lipinski definition) is 5. The van der Waals surface area contributed by atoms with Gasteiger partial charge < -0.3 is 15.0 Å². The van der Waals surface area contributed by atoms with Crippen LogP contribution in [-0.2, 0) is 19.6 Å². The second-order valence-electron chi connectivity index (χ2n) is 7.29. The number of rotatable bonds is 9. The molecule has 0 bridgehead atoms. The van der Waals surface area contributed by atoms with Gasteiger partial charge in [0.25, 0.3) is 0 Å². The highest BCUT2D eigenvalue weighted by Gasteiger charge is 2.36. The lowest BCUT2D eigenvalue weighted by Gasteiger charge is -2.20. The van der Waals surface area contributed by atoms with E-state index in [1.165, 1.54) is 0 Å². The first-order valence-corrected chi connectivity index (χ1v) is 11.9. The van der Waals surface area contributed by atoms with E-state index in [1.807, 2.05) is 25.1 Å². The number of benzene rings is 2. The van der Waals surface area contributed by atoms with Crippen molar-refractivity contribution in [2.24, 2.45) is 5.92 Å². The minimum absolute atomic E-state index is 0.0458. The Balaban J connectivity index is 1.63. The lowest BCUT2D eigenvalue weighted by molar-refractivity contribution is -0.122. The number of nitrogens with one attached hydrogen (secondary N) is 2. The zero-order chi connectivity index (χ0) is 22.4. The predicted molar refractivity (Wildman–Crippen MR) is 121 cm³/mol. The summed E-state index contributed by atoms with van der Waals surface area (Å²) in [5.41, 5.74) is 1.62. The summed E-state index contributed by atoms with van der Waals surface area (Å²) < 4.78 is 31.8. The molecule has 0 spiro atoms. The van der Waals surface area contributed by atoms with Gasteiger partial charge in [0.05, 0.1) is 24.0 Å². The van der Waals surface area contributed by atoms with Crippen LogP contribution < -0.4 is 19.7 Å².